The molecule has 0 aromatic carbocycles. The van der Waals surface area contributed by atoms with Crippen LogP contribution in [0.3, 0.4) is 0 Å². The summed E-state index contributed by atoms with van der Waals surface area (Å²) in [5.41, 5.74) is -3.65. The van der Waals surface area contributed by atoms with Crippen molar-refractivity contribution in [1.82, 2.24) is 24.6 Å². The Morgan fingerprint density at radius 2 is 1.71 bits per heavy atom. The van der Waals surface area contributed by atoms with Gasteiger partial charge in [-0.3, -0.25) is 0 Å². The SMILES string of the molecule is CC(C)(C)OC(=O)N1CCc2nnc([C@@H]3[C@H]4CC[C@H](C4)N3c3cc(C(F)(F)F)cc(C(F)(F)F)n3)n2CC1. The fourth-order valence-corrected chi connectivity index (χ4v) is 5.68. The number of anilines is 1. The van der Waals surface area contributed by atoms with Crippen molar-refractivity contribution in [3.8, 4) is 0 Å². The smallest absolute Gasteiger partial charge is 0.433 e. The molecule has 1 saturated heterocycles. The summed E-state index contributed by atoms with van der Waals surface area (Å²) in [5, 5.41) is 8.63. The fraction of sp³-hybridized carbons (Fsp3) is 0.667. The quantitative estimate of drug-likeness (QED) is 0.480. The number of rotatable bonds is 2. The van der Waals surface area contributed by atoms with Gasteiger partial charge in [0.2, 0.25) is 0 Å². The van der Waals surface area contributed by atoms with E-state index in [2.05, 4.69) is 15.2 Å². The van der Waals surface area contributed by atoms with Crippen molar-refractivity contribution in [2.24, 2.45) is 5.92 Å². The van der Waals surface area contributed by atoms with Gasteiger partial charge in [0.25, 0.3) is 0 Å². The normalized spacial score (nSPS) is 24.0. The van der Waals surface area contributed by atoms with E-state index in [-0.39, 0.29) is 23.8 Å². The summed E-state index contributed by atoms with van der Waals surface area (Å²) in [6.07, 6.45) is -8.09. The van der Waals surface area contributed by atoms with Crippen molar-refractivity contribution >= 4 is 11.9 Å². The van der Waals surface area contributed by atoms with Crippen LogP contribution >= 0.6 is 0 Å². The molecule has 208 valence electrons. The van der Waals surface area contributed by atoms with Crippen LogP contribution in [0.15, 0.2) is 12.1 Å². The lowest BCUT2D eigenvalue weighted by Crippen LogP contribution is -2.39. The Bertz CT molecular complexity index is 1190. The van der Waals surface area contributed by atoms with E-state index < -0.39 is 41.3 Å². The van der Waals surface area contributed by atoms with Gasteiger partial charge in [0, 0.05) is 32.1 Å². The van der Waals surface area contributed by atoms with Gasteiger partial charge in [-0.15, -0.1) is 10.2 Å². The zero-order valence-corrected chi connectivity index (χ0v) is 21.1. The van der Waals surface area contributed by atoms with Gasteiger partial charge in [0.1, 0.15) is 22.9 Å². The molecule has 0 N–H and O–H groups in total. The van der Waals surface area contributed by atoms with Crippen LogP contribution in [0.4, 0.5) is 37.0 Å². The number of amides is 1. The number of nitrogens with zero attached hydrogens (tertiary/aromatic N) is 6. The highest BCUT2D eigenvalue weighted by Gasteiger charge is 2.50. The number of carbonyl (C=O) groups is 1. The summed E-state index contributed by atoms with van der Waals surface area (Å²) in [6.45, 7) is 6.27. The number of carbonyl (C=O) groups excluding carboxylic acids is 1. The van der Waals surface area contributed by atoms with Crippen molar-refractivity contribution in [2.45, 2.75) is 83.0 Å². The molecule has 2 fully saturated rings. The van der Waals surface area contributed by atoms with Crippen molar-refractivity contribution < 1.29 is 35.9 Å². The minimum atomic E-state index is -5.04. The molecule has 1 saturated carbocycles. The standard InChI is InChI=1S/C24H28F6N6O2/c1-22(2,3)38-21(37)34-7-6-17-32-33-20(35(17)9-8-34)19-13-4-5-15(10-13)36(19)18-12-14(23(25,26)27)11-16(31-18)24(28,29)30/h11-13,15,19H,4-10H2,1-3H3/t13-,15+,19-/m0/s1. The molecule has 1 aliphatic carbocycles. The van der Waals surface area contributed by atoms with Gasteiger partial charge in [-0.25, -0.2) is 9.78 Å². The predicted octanol–water partition coefficient (Wildman–Crippen LogP) is 5.23. The average molecular weight is 547 g/mol. The second-order valence-corrected chi connectivity index (χ2v) is 11.0. The summed E-state index contributed by atoms with van der Waals surface area (Å²) >= 11 is 0. The molecule has 4 heterocycles. The molecule has 3 aliphatic rings. The van der Waals surface area contributed by atoms with Crippen molar-refractivity contribution in [3.63, 3.8) is 0 Å². The maximum atomic E-state index is 13.6. The van der Waals surface area contributed by atoms with Crippen LogP contribution in [0.5, 0.6) is 0 Å². The van der Waals surface area contributed by atoms with Crippen molar-refractivity contribution in [1.29, 1.82) is 0 Å². The van der Waals surface area contributed by atoms with E-state index in [4.69, 9.17) is 4.74 Å². The molecule has 2 aromatic rings. The summed E-state index contributed by atoms with van der Waals surface area (Å²) in [4.78, 5) is 19.4. The molecule has 5 rings (SSSR count). The Balaban J connectivity index is 1.49. The third-order valence-electron chi connectivity index (χ3n) is 7.25. The Morgan fingerprint density at radius 3 is 2.37 bits per heavy atom. The highest BCUT2D eigenvalue weighted by Crippen LogP contribution is 2.52. The first kappa shape index (κ1) is 26.5. The first-order valence-electron chi connectivity index (χ1n) is 12.5. The van der Waals surface area contributed by atoms with Crippen molar-refractivity contribution in [3.05, 3.63) is 35.0 Å². The van der Waals surface area contributed by atoms with Crippen LogP contribution in [0.2, 0.25) is 0 Å². The van der Waals surface area contributed by atoms with Crippen LogP contribution in [0.1, 0.15) is 69.0 Å². The van der Waals surface area contributed by atoms with E-state index in [0.29, 0.717) is 56.6 Å². The molecule has 2 bridgehead atoms. The molecular weight excluding hydrogens is 518 g/mol. The maximum absolute atomic E-state index is 13.6. The first-order chi connectivity index (χ1) is 17.6. The zero-order valence-electron chi connectivity index (χ0n) is 21.1. The molecule has 1 amide bonds. The topological polar surface area (TPSA) is 76.4 Å². The van der Waals surface area contributed by atoms with Gasteiger partial charge >= 0.3 is 18.4 Å². The minimum absolute atomic E-state index is 0.0239. The summed E-state index contributed by atoms with van der Waals surface area (Å²) in [7, 11) is 0. The number of aromatic nitrogens is 4. The van der Waals surface area contributed by atoms with Crippen LogP contribution in [0, 0.1) is 5.92 Å². The molecule has 3 atom stereocenters. The fourth-order valence-electron chi connectivity index (χ4n) is 5.68. The monoisotopic (exact) mass is 546 g/mol. The number of alkyl halides is 6. The minimum Gasteiger partial charge on any atom is -0.444 e. The highest BCUT2D eigenvalue weighted by atomic mass is 19.4. The molecule has 2 aromatic heterocycles. The molecule has 0 unspecified atom stereocenters. The summed E-state index contributed by atoms with van der Waals surface area (Å²) in [6, 6.07) is -0.118. The van der Waals surface area contributed by atoms with Crippen LogP contribution in [-0.4, -0.2) is 55.5 Å². The predicted molar refractivity (Wildman–Crippen MR) is 122 cm³/mol. The lowest BCUT2D eigenvalue weighted by atomic mass is 9.97. The first-order valence-corrected chi connectivity index (χ1v) is 12.5. The van der Waals surface area contributed by atoms with Gasteiger partial charge < -0.3 is 19.1 Å². The van der Waals surface area contributed by atoms with Gasteiger partial charge in [0.05, 0.1) is 11.6 Å². The molecule has 8 nitrogen and oxygen atoms in total. The molecular formula is C24H28F6N6O2. The molecule has 14 heteroatoms. The molecule has 2 aliphatic heterocycles. The maximum Gasteiger partial charge on any atom is 0.433 e. The highest BCUT2D eigenvalue weighted by molar-refractivity contribution is 5.68. The van der Waals surface area contributed by atoms with Gasteiger partial charge in [0.15, 0.2) is 5.82 Å². The van der Waals surface area contributed by atoms with E-state index >= 15 is 0 Å². The van der Waals surface area contributed by atoms with E-state index in [1.807, 2.05) is 4.57 Å². The number of ether oxygens (including phenoxy) is 1. The van der Waals surface area contributed by atoms with E-state index in [9.17, 15) is 31.1 Å². The molecule has 38 heavy (non-hydrogen) atoms. The number of pyridine rings is 1. The van der Waals surface area contributed by atoms with E-state index in [1.165, 1.54) is 0 Å². The second-order valence-electron chi connectivity index (χ2n) is 11.0. The Morgan fingerprint density at radius 1 is 0.974 bits per heavy atom. The lowest BCUT2D eigenvalue weighted by molar-refractivity contribution is -0.145. The number of hydrogen-bond donors (Lipinski definition) is 0. The largest absolute Gasteiger partial charge is 0.444 e. The number of fused-ring (bicyclic) bond motifs is 3. The molecule has 0 radical (unpaired) electrons. The summed E-state index contributed by atoms with van der Waals surface area (Å²) < 4.78 is 88.6. The number of piperidine rings is 1. The number of halogens is 6. The van der Waals surface area contributed by atoms with Gasteiger partial charge in [-0.1, -0.05) is 0 Å². The Hall–Kier alpha value is -3.06. The molecule has 0 spiro atoms. The Kier molecular flexibility index (Phi) is 6.29. The van der Waals surface area contributed by atoms with Crippen LogP contribution < -0.4 is 4.90 Å². The van der Waals surface area contributed by atoms with Crippen LogP contribution in [-0.2, 0) is 30.1 Å². The third-order valence-corrected chi connectivity index (χ3v) is 7.25. The summed E-state index contributed by atoms with van der Waals surface area (Å²) in [5.74, 6) is 0.669. The van der Waals surface area contributed by atoms with Crippen LogP contribution in [0.25, 0.3) is 0 Å². The average Bonchev–Trinajstić information content (AvgIpc) is 3.47. The van der Waals surface area contributed by atoms with Gasteiger partial charge in [-0.2, -0.15) is 26.3 Å². The van der Waals surface area contributed by atoms with E-state index in [1.54, 1.807) is 30.6 Å². The Labute approximate surface area is 215 Å². The van der Waals surface area contributed by atoms with Gasteiger partial charge in [-0.05, 0) is 58.1 Å². The third kappa shape index (κ3) is 5.00. The number of hydrogen-bond acceptors (Lipinski definition) is 6. The van der Waals surface area contributed by atoms with Crippen molar-refractivity contribution in [2.75, 3.05) is 18.0 Å². The zero-order chi connectivity index (χ0) is 27.6. The second kappa shape index (κ2) is 9.01. The lowest BCUT2D eigenvalue weighted by Gasteiger charge is -2.36. The van der Waals surface area contributed by atoms with E-state index in [0.717, 1.165) is 6.42 Å².